The molecule has 1 unspecified atom stereocenters. The van der Waals surface area contributed by atoms with E-state index in [0.29, 0.717) is 61.1 Å². The lowest BCUT2D eigenvalue weighted by atomic mass is 9.91. The van der Waals surface area contributed by atoms with Gasteiger partial charge in [-0.15, -0.1) is 0 Å². The van der Waals surface area contributed by atoms with Crippen molar-refractivity contribution in [2.75, 3.05) is 54.5 Å². The maximum atomic E-state index is 13.8. The number of aromatic carboxylic acids is 1. The maximum Gasteiger partial charge on any atom is 0.354 e. The van der Waals surface area contributed by atoms with Crippen LogP contribution < -0.4 is 15.1 Å². The lowest BCUT2D eigenvalue weighted by molar-refractivity contribution is 0.0690. The second kappa shape index (κ2) is 11.4. The van der Waals surface area contributed by atoms with Crippen molar-refractivity contribution in [3.05, 3.63) is 65.9 Å². The van der Waals surface area contributed by atoms with E-state index in [1.54, 1.807) is 6.07 Å². The number of carboxylic acids is 1. The third-order valence-electron chi connectivity index (χ3n) is 7.24. The van der Waals surface area contributed by atoms with Crippen LogP contribution in [0, 0.1) is 11.3 Å². The number of hydrogen-bond donors (Lipinski definition) is 3. The lowest BCUT2D eigenvalue weighted by Crippen LogP contribution is -2.36. The molecule has 2 aromatic carbocycles. The molecule has 39 heavy (non-hydrogen) atoms. The number of carboxylic acid groups (broad SMARTS) is 1. The highest BCUT2D eigenvalue weighted by Gasteiger charge is 2.24. The van der Waals surface area contributed by atoms with Crippen LogP contribution >= 0.6 is 0 Å². The fourth-order valence-corrected chi connectivity index (χ4v) is 5.08. The van der Waals surface area contributed by atoms with Crippen LogP contribution in [0.25, 0.3) is 11.1 Å². The summed E-state index contributed by atoms with van der Waals surface area (Å²) in [4.78, 5) is 20.8. The molecule has 2 aliphatic heterocycles. The molecule has 204 valence electrons. The molecule has 3 N–H and O–H groups in total. The highest BCUT2D eigenvalue weighted by atomic mass is 19.1. The van der Waals surface area contributed by atoms with E-state index in [9.17, 15) is 14.3 Å². The van der Waals surface area contributed by atoms with Gasteiger partial charge in [0, 0.05) is 54.5 Å². The van der Waals surface area contributed by atoms with Crippen molar-refractivity contribution in [2.24, 2.45) is 5.92 Å². The number of nitrogens with one attached hydrogen (secondary N) is 2. The van der Waals surface area contributed by atoms with Gasteiger partial charge in [0.05, 0.1) is 13.2 Å². The molecule has 3 aromatic rings. The zero-order chi connectivity index (χ0) is 27.5. The van der Waals surface area contributed by atoms with Gasteiger partial charge in [-0.3, -0.25) is 0 Å². The Morgan fingerprint density at radius 3 is 2.46 bits per heavy atom. The Morgan fingerprint density at radius 1 is 1.08 bits per heavy atom. The van der Waals surface area contributed by atoms with Crippen LogP contribution in [0.1, 0.15) is 36.3 Å². The van der Waals surface area contributed by atoms with E-state index >= 15 is 0 Å². The molecular formula is C30H34FN5O3. The summed E-state index contributed by atoms with van der Waals surface area (Å²) < 4.78 is 19.3. The lowest BCUT2D eigenvalue weighted by Gasteiger charge is -2.29. The predicted molar refractivity (Wildman–Crippen MR) is 153 cm³/mol. The van der Waals surface area contributed by atoms with Gasteiger partial charge in [0.2, 0.25) is 0 Å². The molecular weight excluding hydrogens is 497 g/mol. The molecule has 0 radical (unpaired) electrons. The van der Waals surface area contributed by atoms with Gasteiger partial charge < -0.3 is 30.4 Å². The van der Waals surface area contributed by atoms with Crippen LogP contribution in [0.2, 0.25) is 0 Å². The van der Waals surface area contributed by atoms with Crippen molar-refractivity contribution in [2.45, 2.75) is 26.4 Å². The molecule has 0 spiro atoms. The van der Waals surface area contributed by atoms with E-state index in [0.717, 1.165) is 30.0 Å². The van der Waals surface area contributed by atoms with Gasteiger partial charge in [0.15, 0.2) is 5.69 Å². The topological polar surface area (TPSA) is 102 Å². The van der Waals surface area contributed by atoms with Crippen molar-refractivity contribution < 1.29 is 19.0 Å². The number of hydrogen-bond acceptors (Lipinski definition) is 7. The Hall–Kier alpha value is -3.98. The number of pyridine rings is 1. The maximum absolute atomic E-state index is 13.8. The van der Waals surface area contributed by atoms with Crippen LogP contribution in [0.15, 0.2) is 54.6 Å². The smallest absolute Gasteiger partial charge is 0.354 e. The molecule has 3 heterocycles. The average Bonchev–Trinajstić information content (AvgIpc) is 3.39. The molecule has 2 saturated heterocycles. The zero-order valence-electron chi connectivity index (χ0n) is 22.3. The van der Waals surface area contributed by atoms with E-state index < -0.39 is 12.1 Å². The summed E-state index contributed by atoms with van der Waals surface area (Å²) in [6, 6.07) is 17.1. The Morgan fingerprint density at radius 2 is 1.82 bits per heavy atom. The van der Waals surface area contributed by atoms with Crippen molar-refractivity contribution >= 4 is 34.6 Å². The fraction of sp³-hybridized carbons (Fsp3) is 0.367. The van der Waals surface area contributed by atoms with Gasteiger partial charge in [-0.2, -0.15) is 0 Å². The van der Waals surface area contributed by atoms with Crippen molar-refractivity contribution in [3.8, 4) is 11.1 Å². The van der Waals surface area contributed by atoms with Crippen LogP contribution in [-0.2, 0) is 4.74 Å². The Labute approximate surface area is 227 Å². The molecule has 1 aromatic heterocycles. The third-order valence-corrected chi connectivity index (χ3v) is 7.24. The van der Waals surface area contributed by atoms with Gasteiger partial charge in [0.1, 0.15) is 12.0 Å². The summed E-state index contributed by atoms with van der Waals surface area (Å²) in [7, 11) is 0. The van der Waals surface area contributed by atoms with Crippen molar-refractivity contribution in [3.63, 3.8) is 0 Å². The van der Waals surface area contributed by atoms with Gasteiger partial charge in [-0.1, -0.05) is 32.0 Å². The number of morpholine rings is 1. The number of anilines is 4. The second-order valence-electron chi connectivity index (χ2n) is 10.3. The number of ether oxygens (including phenoxy) is 1. The minimum atomic E-state index is -1.15. The van der Waals surface area contributed by atoms with E-state index in [1.165, 1.54) is 0 Å². The molecule has 0 amide bonds. The molecule has 0 bridgehead atoms. The number of rotatable bonds is 8. The summed E-state index contributed by atoms with van der Waals surface area (Å²) in [5.41, 5.74) is 4.89. The van der Waals surface area contributed by atoms with Gasteiger partial charge in [-0.05, 0) is 59.9 Å². The molecule has 2 fully saturated rings. The highest BCUT2D eigenvalue weighted by molar-refractivity contribution is 6.10. The SMILES string of the molecule is CC(C)C(=N)c1c(-c2ccc(N3CCOCC3)cc2)cc(C(=O)O)nc1Nc1cccc(N2CCC(F)C2)c1. The van der Waals surface area contributed by atoms with Crippen molar-refractivity contribution in [1.82, 2.24) is 4.98 Å². The normalized spacial score (nSPS) is 17.5. The Balaban J connectivity index is 1.56. The van der Waals surface area contributed by atoms with Gasteiger partial charge in [0.25, 0.3) is 0 Å². The minimum Gasteiger partial charge on any atom is -0.477 e. The largest absolute Gasteiger partial charge is 0.477 e. The second-order valence-corrected chi connectivity index (χ2v) is 10.3. The molecule has 9 heteroatoms. The summed E-state index contributed by atoms with van der Waals surface area (Å²) >= 11 is 0. The Kier molecular flexibility index (Phi) is 7.79. The van der Waals surface area contributed by atoms with E-state index in [1.807, 2.05) is 67.3 Å². The number of nitrogens with zero attached hydrogens (tertiary/aromatic N) is 3. The van der Waals surface area contributed by atoms with Crippen molar-refractivity contribution in [1.29, 1.82) is 5.41 Å². The highest BCUT2D eigenvalue weighted by Crippen LogP contribution is 2.35. The number of alkyl halides is 1. The molecule has 2 aliphatic rings. The Bertz CT molecular complexity index is 1360. The number of carbonyl (C=O) groups is 1. The van der Waals surface area contributed by atoms with Gasteiger partial charge in [-0.25, -0.2) is 14.2 Å². The molecule has 0 aliphatic carbocycles. The molecule has 8 nitrogen and oxygen atoms in total. The van der Waals surface area contributed by atoms with E-state index in [-0.39, 0.29) is 11.6 Å². The summed E-state index contributed by atoms with van der Waals surface area (Å²) in [6.07, 6.45) is -0.339. The quantitative estimate of drug-likeness (QED) is 0.325. The van der Waals surface area contributed by atoms with Gasteiger partial charge >= 0.3 is 5.97 Å². The fourth-order valence-electron chi connectivity index (χ4n) is 5.08. The predicted octanol–water partition coefficient (Wildman–Crippen LogP) is 5.60. The van der Waals surface area contributed by atoms with E-state index in [2.05, 4.69) is 15.2 Å². The third kappa shape index (κ3) is 5.88. The molecule has 1 atom stereocenters. The van der Waals surface area contributed by atoms with E-state index in [4.69, 9.17) is 10.1 Å². The first-order valence-electron chi connectivity index (χ1n) is 13.4. The average molecular weight is 532 g/mol. The standard InChI is InChI=1S/C30H34FN5O3/c1-19(2)28(32)27-25(20-6-8-23(9-7-20)35-12-14-39-15-13-35)17-26(30(37)38)34-29(27)33-22-4-3-5-24(16-22)36-11-10-21(31)18-36/h3-9,16-17,19,21,32H,10-15,18H2,1-2H3,(H,33,34)(H,37,38). The van der Waals surface area contributed by atoms with Crippen LogP contribution in [0.3, 0.4) is 0 Å². The zero-order valence-corrected chi connectivity index (χ0v) is 22.3. The number of halogens is 1. The van der Waals surface area contributed by atoms with Crippen LogP contribution in [-0.4, -0.2) is 67.3 Å². The first kappa shape index (κ1) is 26.6. The first-order chi connectivity index (χ1) is 18.8. The minimum absolute atomic E-state index is 0.110. The summed E-state index contributed by atoms with van der Waals surface area (Å²) in [5, 5.41) is 22.2. The summed E-state index contributed by atoms with van der Waals surface area (Å²) in [5.74, 6) is -0.957. The monoisotopic (exact) mass is 531 g/mol. The first-order valence-corrected chi connectivity index (χ1v) is 13.4. The number of benzene rings is 2. The molecule has 5 rings (SSSR count). The number of aromatic nitrogens is 1. The molecule has 0 saturated carbocycles. The van der Waals surface area contributed by atoms with Crippen LogP contribution in [0.5, 0.6) is 0 Å². The van der Waals surface area contributed by atoms with Crippen LogP contribution in [0.4, 0.5) is 27.3 Å². The summed E-state index contributed by atoms with van der Waals surface area (Å²) in [6.45, 7) is 7.87.